The molecule has 0 unspecified atom stereocenters. The van der Waals surface area contributed by atoms with Crippen molar-refractivity contribution in [2.24, 2.45) is 12.1 Å². The third-order valence-corrected chi connectivity index (χ3v) is 5.15. The summed E-state index contributed by atoms with van der Waals surface area (Å²) in [6.45, 7) is 0. The first kappa shape index (κ1) is 19.1. The molecule has 0 atom stereocenters. The van der Waals surface area contributed by atoms with Crippen LogP contribution in [0.3, 0.4) is 0 Å². The minimum Gasteiger partial charge on any atom is -0.507 e. The van der Waals surface area contributed by atoms with Crippen molar-refractivity contribution in [3.8, 4) is 17.1 Å². The van der Waals surface area contributed by atoms with Gasteiger partial charge in [0, 0.05) is 22.6 Å². The zero-order chi connectivity index (χ0) is 19.2. The van der Waals surface area contributed by atoms with E-state index in [-0.39, 0.29) is 17.4 Å². The van der Waals surface area contributed by atoms with Gasteiger partial charge in [0.1, 0.15) is 5.75 Å². The van der Waals surface area contributed by atoms with Gasteiger partial charge in [-0.3, -0.25) is 4.79 Å². The summed E-state index contributed by atoms with van der Waals surface area (Å²) in [6.07, 6.45) is 1.39. The van der Waals surface area contributed by atoms with Gasteiger partial charge in [-0.05, 0) is 24.3 Å². The highest BCUT2D eigenvalue weighted by Crippen LogP contribution is 2.23. The molecule has 0 radical (unpaired) electrons. The normalized spacial score (nSPS) is 11.0. The maximum Gasteiger partial charge on any atom is 0.250 e. The molecule has 27 heavy (non-hydrogen) atoms. The van der Waals surface area contributed by atoms with Gasteiger partial charge in [0.15, 0.2) is 11.0 Å². The first-order chi connectivity index (χ1) is 13.0. The second kappa shape index (κ2) is 8.83. The van der Waals surface area contributed by atoms with Crippen LogP contribution in [0.1, 0.15) is 5.56 Å². The Morgan fingerprint density at radius 3 is 2.74 bits per heavy atom. The maximum atomic E-state index is 11.9. The fourth-order valence-corrected chi connectivity index (χ4v) is 3.19. The molecule has 0 aliphatic carbocycles. The monoisotopic (exact) mass is 445 g/mol. The van der Waals surface area contributed by atoms with Gasteiger partial charge < -0.3 is 9.67 Å². The highest BCUT2D eigenvalue weighted by Gasteiger charge is 2.12. The molecule has 0 bridgehead atoms. The van der Waals surface area contributed by atoms with E-state index in [1.165, 1.54) is 18.0 Å². The third kappa shape index (κ3) is 4.95. The number of carbonyl (C=O) groups is 1. The van der Waals surface area contributed by atoms with E-state index in [4.69, 9.17) is 0 Å². The number of phenolic OH excluding ortho intramolecular Hbond substituents is 1. The van der Waals surface area contributed by atoms with Crippen LogP contribution in [-0.4, -0.2) is 37.7 Å². The number of nitrogens with one attached hydrogen (secondary N) is 1. The van der Waals surface area contributed by atoms with Crippen molar-refractivity contribution < 1.29 is 9.90 Å². The highest BCUT2D eigenvalue weighted by atomic mass is 79.9. The Hall–Kier alpha value is -2.65. The molecule has 0 fully saturated rings. The van der Waals surface area contributed by atoms with Gasteiger partial charge in [0.25, 0.3) is 5.91 Å². The summed E-state index contributed by atoms with van der Waals surface area (Å²) in [5.41, 5.74) is 3.90. The van der Waals surface area contributed by atoms with Gasteiger partial charge in [-0.2, -0.15) is 5.10 Å². The van der Waals surface area contributed by atoms with E-state index in [0.717, 1.165) is 15.9 Å². The average Bonchev–Trinajstić information content (AvgIpc) is 3.03. The summed E-state index contributed by atoms with van der Waals surface area (Å²) in [6, 6.07) is 14.5. The number of hydrazone groups is 1. The van der Waals surface area contributed by atoms with Crippen LogP contribution in [0, 0.1) is 0 Å². The molecular weight excluding hydrogens is 430 g/mol. The molecule has 3 rings (SSSR count). The Kier molecular flexibility index (Phi) is 6.25. The van der Waals surface area contributed by atoms with Crippen LogP contribution >= 0.6 is 27.7 Å². The number of nitrogens with zero attached hydrogens (tertiary/aromatic N) is 4. The molecular formula is C18H16BrN5O2S. The van der Waals surface area contributed by atoms with Crippen LogP contribution in [0.25, 0.3) is 11.4 Å². The molecule has 0 aliphatic rings. The van der Waals surface area contributed by atoms with Crippen molar-refractivity contribution in [1.82, 2.24) is 20.2 Å². The third-order valence-electron chi connectivity index (χ3n) is 3.60. The zero-order valence-corrected chi connectivity index (χ0v) is 16.7. The first-order valence-electron chi connectivity index (χ1n) is 7.92. The highest BCUT2D eigenvalue weighted by molar-refractivity contribution is 9.10. The van der Waals surface area contributed by atoms with Crippen molar-refractivity contribution in [3.05, 3.63) is 58.6 Å². The van der Waals surface area contributed by atoms with Crippen LogP contribution in [-0.2, 0) is 11.8 Å². The quantitative estimate of drug-likeness (QED) is 0.345. The van der Waals surface area contributed by atoms with E-state index < -0.39 is 0 Å². The molecule has 0 aliphatic heterocycles. The number of halogens is 1. The molecule has 3 aromatic rings. The predicted octanol–water partition coefficient (Wildman–Crippen LogP) is 3.19. The number of aromatic nitrogens is 3. The second-order valence-electron chi connectivity index (χ2n) is 5.51. The Labute approximate surface area is 168 Å². The summed E-state index contributed by atoms with van der Waals surface area (Å²) < 4.78 is 2.83. The summed E-state index contributed by atoms with van der Waals surface area (Å²) in [4.78, 5) is 11.9. The maximum absolute atomic E-state index is 11.9. The van der Waals surface area contributed by atoms with Gasteiger partial charge in [-0.1, -0.05) is 52.0 Å². The van der Waals surface area contributed by atoms with Crippen molar-refractivity contribution in [3.63, 3.8) is 0 Å². The number of hydrogen-bond donors (Lipinski definition) is 2. The smallest absolute Gasteiger partial charge is 0.250 e. The lowest BCUT2D eigenvalue weighted by Gasteiger charge is -2.04. The van der Waals surface area contributed by atoms with Gasteiger partial charge in [-0.15, -0.1) is 10.2 Å². The fraction of sp³-hybridized carbons (Fsp3) is 0.111. The van der Waals surface area contributed by atoms with E-state index in [0.29, 0.717) is 10.7 Å². The molecule has 1 aromatic heterocycles. The summed E-state index contributed by atoms with van der Waals surface area (Å²) >= 11 is 4.67. The molecule has 138 valence electrons. The van der Waals surface area contributed by atoms with Gasteiger partial charge in [0.2, 0.25) is 0 Å². The molecule has 1 heterocycles. The molecule has 9 heteroatoms. The number of para-hydroxylation sites is 1. The minimum atomic E-state index is -0.278. The molecule has 0 saturated heterocycles. The van der Waals surface area contributed by atoms with E-state index in [1.54, 1.807) is 24.3 Å². The Morgan fingerprint density at radius 2 is 2.00 bits per heavy atom. The Balaban J connectivity index is 1.56. The van der Waals surface area contributed by atoms with Crippen LogP contribution in [0.2, 0.25) is 0 Å². The van der Waals surface area contributed by atoms with Crippen molar-refractivity contribution in [2.75, 3.05) is 5.75 Å². The lowest BCUT2D eigenvalue weighted by Crippen LogP contribution is -2.19. The summed E-state index contributed by atoms with van der Waals surface area (Å²) in [5, 5.41) is 22.5. The molecule has 0 saturated carbocycles. The molecule has 0 spiro atoms. The summed E-state index contributed by atoms with van der Waals surface area (Å²) in [7, 11) is 1.86. The van der Waals surface area contributed by atoms with E-state index >= 15 is 0 Å². The minimum absolute atomic E-state index is 0.101. The Morgan fingerprint density at radius 1 is 1.26 bits per heavy atom. The Bertz CT molecular complexity index is 972. The largest absolute Gasteiger partial charge is 0.507 e. The summed E-state index contributed by atoms with van der Waals surface area (Å²) in [5.74, 6) is 0.692. The molecule has 7 nitrogen and oxygen atoms in total. The topological polar surface area (TPSA) is 92.4 Å². The fourth-order valence-electron chi connectivity index (χ4n) is 2.22. The SMILES string of the molecule is Cn1c(SCC(=O)N/N=C/c2ccccc2O)nnc1-c1ccc(Br)cc1. The van der Waals surface area contributed by atoms with E-state index in [9.17, 15) is 9.90 Å². The lowest BCUT2D eigenvalue weighted by molar-refractivity contribution is -0.118. The number of phenols is 1. The number of amides is 1. The predicted molar refractivity (Wildman–Crippen MR) is 109 cm³/mol. The van der Waals surface area contributed by atoms with Gasteiger partial charge in [-0.25, -0.2) is 5.43 Å². The average molecular weight is 446 g/mol. The first-order valence-corrected chi connectivity index (χ1v) is 9.70. The standard InChI is InChI=1S/C18H16BrN5O2S/c1-24-17(12-6-8-14(19)9-7-12)22-23-18(24)27-11-16(26)21-20-10-13-4-2-3-5-15(13)25/h2-10,25H,11H2,1H3,(H,21,26)/b20-10+. The van der Waals surface area contributed by atoms with Crippen LogP contribution in [0.5, 0.6) is 5.75 Å². The molecule has 2 aromatic carbocycles. The van der Waals surface area contributed by atoms with Gasteiger partial charge in [0.05, 0.1) is 12.0 Å². The van der Waals surface area contributed by atoms with Crippen molar-refractivity contribution >= 4 is 39.8 Å². The van der Waals surface area contributed by atoms with Crippen LogP contribution < -0.4 is 5.43 Å². The lowest BCUT2D eigenvalue weighted by atomic mass is 10.2. The number of rotatable bonds is 6. The van der Waals surface area contributed by atoms with Gasteiger partial charge >= 0.3 is 0 Å². The molecule has 1 amide bonds. The zero-order valence-electron chi connectivity index (χ0n) is 14.3. The number of carbonyl (C=O) groups excluding carboxylic acids is 1. The van der Waals surface area contributed by atoms with E-state index in [2.05, 4.69) is 36.7 Å². The van der Waals surface area contributed by atoms with Crippen molar-refractivity contribution in [2.45, 2.75) is 5.16 Å². The van der Waals surface area contributed by atoms with Crippen LogP contribution in [0.15, 0.2) is 63.3 Å². The molecule has 2 N–H and O–H groups in total. The second-order valence-corrected chi connectivity index (χ2v) is 7.37. The number of aromatic hydroxyl groups is 1. The number of benzene rings is 2. The van der Waals surface area contributed by atoms with Crippen molar-refractivity contribution in [1.29, 1.82) is 0 Å². The van der Waals surface area contributed by atoms with Crippen LogP contribution in [0.4, 0.5) is 0 Å². The number of hydrogen-bond acceptors (Lipinski definition) is 6. The number of thioether (sulfide) groups is 1. The van der Waals surface area contributed by atoms with E-state index in [1.807, 2.05) is 35.9 Å².